The SMILES string of the molecule is CNC(=O)c1c(-c2ccc(F)cc2)oc2cc(N(C)S(C)(=O)=O)c(-c3cc(Cl)c(=O)n(C)n3)cc12. The number of furan rings is 1. The third-order valence-corrected chi connectivity index (χ3v) is 6.96. The molecule has 1 N–H and O–H groups in total. The van der Waals surface area contributed by atoms with Crippen LogP contribution < -0.4 is 15.2 Å². The molecule has 0 aliphatic carbocycles. The number of aromatic nitrogens is 2. The van der Waals surface area contributed by atoms with Crippen LogP contribution in [0.3, 0.4) is 0 Å². The second kappa shape index (κ2) is 8.82. The van der Waals surface area contributed by atoms with Crippen molar-refractivity contribution in [1.82, 2.24) is 15.1 Å². The summed E-state index contributed by atoms with van der Waals surface area (Å²) in [5, 5.41) is 7.04. The van der Waals surface area contributed by atoms with Crippen molar-refractivity contribution in [3.8, 4) is 22.6 Å². The fourth-order valence-corrected chi connectivity index (χ4v) is 4.37. The van der Waals surface area contributed by atoms with E-state index in [0.29, 0.717) is 16.5 Å². The Labute approximate surface area is 204 Å². The molecule has 0 saturated carbocycles. The highest BCUT2D eigenvalue weighted by Crippen LogP contribution is 2.40. The van der Waals surface area contributed by atoms with Gasteiger partial charge in [-0.25, -0.2) is 17.5 Å². The van der Waals surface area contributed by atoms with Crippen LogP contribution in [0, 0.1) is 5.82 Å². The van der Waals surface area contributed by atoms with E-state index in [-0.39, 0.29) is 33.3 Å². The first kappa shape index (κ1) is 24.4. The average Bonchev–Trinajstić information content (AvgIpc) is 3.18. The van der Waals surface area contributed by atoms with E-state index in [1.54, 1.807) is 6.07 Å². The molecule has 2 aromatic heterocycles. The lowest BCUT2D eigenvalue weighted by molar-refractivity contribution is 0.0964. The molecule has 0 radical (unpaired) electrons. The number of hydrogen-bond acceptors (Lipinski definition) is 6. The molecule has 0 spiro atoms. The summed E-state index contributed by atoms with van der Waals surface area (Å²) in [5.74, 6) is -0.746. The van der Waals surface area contributed by atoms with E-state index in [9.17, 15) is 22.4 Å². The average molecular weight is 519 g/mol. The van der Waals surface area contributed by atoms with Crippen LogP contribution >= 0.6 is 11.6 Å². The van der Waals surface area contributed by atoms with Crippen LogP contribution in [0.4, 0.5) is 10.1 Å². The van der Waals surface area contributed by atoms with Crippen LogP contribution in [0.2, 0.25) is 5.02 Å². The van der Waals surface area contributed by atoms with E-state index >= 15 is 0 Å². The second-order valence-electron chi connectivity index (χ2n) is 7.79. The van der Waals surface area contributed by atoms with E-state index in [4.69, 9.17) is 16.0 Å². The molecule has 9 nitrogen and oxygen atoms in total. The van der Waals surface area contributed by atoms with Crippen molar-refractivity contribution >= 4 is 44.2 Å². The summed E-state index contributed by atoms with van der Waals surface area (Å²) in [6.45, 7) is 0. The number of benzene rings is 2. The predicted molar refractivity (Wildman–Crippen MR) is 132 cm³/mol. The smallest absolute Gasteiger partial charge is 0.285 e. The van der Waals surface area contributed by atoms with Gasteiger partial charge in [-0.15, -0.1) is 0 Å². The number of hydrogen-bond donors (Lipinski definition) is 1. The molecule has 1 amide bonds. The number of nitrogens with zero attached hydrogens (tertiary/aromatic N) is 3. The van der Waals surface area contributed by atoms with Crippen LogP contribution in [0.15, 0.2) is 51.7 Å². The number of nitrogens with one attached hydrogen (secondary N) is 1. The summed E-state index contributed by atoms with van der Waals surface area (Å²) in [6, 6.07) is 9.76. The molecule has 2 aromatic carbocycles. The van der Waals surface area contributed by atoms with Gasteiger partial charge in [0.1, 0.15) is 22.2 Å². The predicted octanol–water partition coefficient (Wildman–Crippen LogP) is 3.41. The van der Waals surface area contributed by atoms with Crippen molar-refractivity contribution in [3.63, 3.8) is 0 Å². The molecule has 35 heavy (non-hydrogen) atoms. The first-order valence-corrected chi connectivity index (χ1v) is 12.4. The molecule has 0 bridgehead atoms. The van der Waals surface area contributed by atoms with Crippen LogP contribution in [0.25, 0.3) is 33.6 Å². The fourth-order valence-electron chi connectivity index (χ4n) is 3.64. The second-order valence-corrected chi connectivity index (χ2v) is 10.2. The van der Waals surface area contributed by atoms with E-state index in [1.165, 1.54) is 57.5 Å². The first-order chi connectivity index (χ1) is 16.4. The topological polar surface area (TPSA) is 115 Å². The molecule has 4 rings (SSSR count). The molecule has 0 fully saturated rings. The minimum atomic E-state index is -3.72. The summed E-state index contributed by atoms with van der Waals surface area (Å²) in [7, 11) is 0.499. The van der Waals surface area contributed by atoms with Gasteiger partial charge in [0.15, 0.2) is 0 Å². The Morgan fingerprint density at radius 2 is 1.86 bits per heavy atom. The van der Waals surface area contributed by atoms with Crippen molar-refractivity contribution in [2.75, 3.05) is 24.7 Å². The number of rotatable bonds is 5. The first-order valence-electron chi connectivity index (χ1n) is 10.2. The van der Waals surface area contributed by atoms with Gasteiger partial charge in [0.05, 0.1) is 23.2 Å². The third-order valence-electron chi connectivity index (χ3n) is 5.50. The lowest BCUT2D eigenvalue weighted by atomic mass is 10.0. The van der Waals surface area contributed by atoms with Crippen molar-refractivity contribution in [2.45, 2.75) is 0 Å². The number of sulfonamides is 1. The Kier molecular flexibility index (Phi) is 6.16. The maximum Gasteiger partial charge on any atom is 0.285 e. The normalized spacial score (nSPS) is 11.6. The van der Waals surface area contributed by atoms with Crippen molar-refractivity contribution < 1.29 is 22.0 Å². The standard InChI is InChI=1S/C23H20ClFN4O5S/c1-26-22(30)20-15-9-14(17-10-16(24)23(31)28(2)27-17)18(29(3)35(4,32)33)11-19(15)34-21(20)12-5-7-13(25)8-6-12/h5-11H,1-4H3,(H,26,30). The highest BCUT2D eigenvalue weighted by Gasteiger charge is 2.26. The largest absolute Gasteiger partial charge is 0.455 e. The van der Waals surface area contributed by atoms with Crippen molar-refractivity contribution in [3.05, 3.63) is 69.2 Å². The molecular formula is C23H20ClFN4O5S. The molecule has 2 heterocycles. The minimum Gasteiger partial charge on any atom is -0.455 e. The Morgan fingerprint density at radius 1 is 1.20 bits per heavy atom. The van der Waals surface area contributed by atoms with E-state index in [0.717, 1.165) is 15.2 Å². The number of carbonyl (C=O) groups is 1. The van der Waals surface area contributed by atoms with E-state index < -0.39 is 27.3 Å². The molecule has 12 heteroatoms. The number of halogens is 2. The Bertz CT molecular complexity index is 1620. The van der Waals surface area contributed by atoms with Gasteiger partial charge in [0, 0.05) is 43.7 Å². The third kappa shape index (κ3) is 4.40. The monoisotopic (exact) mass is 518 g/mol. The molecule has 0 saturated heterocycles. The molecule has 0 aliphatic heterocycles. The Balaban J connectivity index is 2.12. The van der Waals surface area contributed by atoms with Crippen molar-refractivity contribution in [2.24, 2.45) is 7.05 Å². The van der Waals surface area contributed by atoms with Gasteiger partial charge in [0.25, 0.3) is 11.5 Å². The zero-order chi connectivity index (χ0) is 25.7. The van der Waals surface area contributed by atoms with Gasteiger partial charge in [-0.2, -0.15) is 5.10 Å². The summed E-state index contributed by atoms with van der Waals surface area (Å²) < 4.78 is 46.4. The van der Waals surface area contributed by atoms with Gasteiger partial charge < -0.3 is 9.73 Å². The number of aryl methyl sites for hydroxylation is 1. The number of carbonyl (C=O) groups excluding carboxylic acids is 1. The zero-order valence-corrected chi connectivity index (χ0v) is 20.7. The fraction of sp³-hybridized carbons (Fsp3) is 0.174. The summed E-state index contributed by atoms with van der Waals surface area (Å²) in [5.41, 5.74) is 0.987. The van der Waals surface area contributed by atoms with Gasteiger partial charge in [-0.1, -0.05) is 11.6 Å². The zero-order valence-electron chi connectivity index (χ0n) is 19.1. The Hall–Kier alpha value is -3.70. The lowest BCUT2D eigenvalue weighted by Gasteiger charge is -2.20. The minimum absolute atomic E-state index is 0.115. The summed E-state index contributed by atoms with van der Waals surface area (Å²) in [6.07, 6.45) is 1.03. The molecule has 0 unspecified atom stereocenters. The molecule has 0 aliphatic rings. The number of fused-ring (bicyclic) bond motifs is 1. The van der Waals surface area contributed by atoms with E-state index in [2.05, 4.69) is 10.4 Å². The van der Waals surface area contributed by atoms with Gasteiger partial charge in [-0.3, -0.25) is 13.9 Å². The highest BCUT2D eigenvalue weighted by molar-refractivity contribution is 7.92. The Morgan fingerprint density at radius 3 is 2.43 bits per heavy atom. The molecule has 4 aromatic rings. The van der Waals surface area contributed by atoms with Gasteiger partial charge in [-0.05, 0) is 36.4 Å². The summed E-state index contributed by atoms with van der Waals surface area (Å²) >= 11 is 6.09. The molecule has 0 atom stereocenters. The number of anilines is 1. The summed E-state index contributed by atoms with van der Waals surface area (Å²) in [4.78, 5) is 25.0. The van der Waals surface area contributed by atoms with E-state index in [1.807, 2.05) is 0 Å². The van der Waals surface area contributed by atoms with Crippen LogP contribution in [0.1, 0.15) is 10.4 Å². The maximum atomic E-state index is 13.5. The highest BCUT2D eigenvalue weighted by atomic mass is 35.5. The maximum absolute atomic E-state index is 13.5. The quantitative estimate of drug-likeness (QED) is 0.433. The number of amides is 1. The van der Waals surface area contributed by atoms with Crippen LogP contribution in [0.5, 0.6) is 0 Å². The molecule has 182 valence electrons. The van der Waals surface area contributed by atoms with Crippen LogP contribution in [-0.2, 0) is 17.1 Å². The van der Waals surface area contributed by atoms with Gasteiger partial charge >= 0.3 is 0 Å². The lowest BCUT2D eigenvalue weighted by Crippen LogP contribution is -2.26. The molecular weight excluding hydrogens is 499 g/mol. The van der Waals surface area contributed by atoms with Crippen molar-refractivity contribution in [1.29, 1.82) is 0 Å². The van der Waals surface area contributed by atoms with Crippen LogP contribution in [-0.4, -0.2) is 44.5 Å². The van der Waals surface area contributed by atoms with Gasteiger partial charge in [0.2, 0.25) is 10.0 Å².